The van der Waals surface area contributed by atoms with Gasteiger partial charge in [0.2, 0.25) is 5.95 Å². The third-order valence-electron chi connectivity index (χ3n) is 6.02. The van der Waals surface area contributed by atoms with Crippen LogP contribution in [0, 0.1) is 5.92 Å². The number of carbonyl (C=O) groups excluding carboxylic acids is 1. The van der Waals surface area contributed by atoms with Gasteiger partial charge in [-0.2, -0.15) is 0 Å². The summed E-state index contributed by atoms with van der Waals surface area (Å²) >= 11 is 6.18. The molecule has 32 heavy (non-hydrogen) atoms. The van der Waals surface area contributed by atoms with Gasteiger partial charge in [-0.05, 0) is 49.8 Å². The Bertz CT molecular complexity index is 1100. The largest absolute Gasteiger partial charge is 0.447 e. The number of hydrogen-bond acceptors (Lipinski definition) is 8. The molecule has 2 aliphatic rings. The third kappa shape index (κ3) is 4.52. The standard InChI is InChI=1S/C22H24ClN7O2/c23-20-19-15(7-8-24-20)3-6-18(29-19)28-16-4-1-14(2-5-16)11-25-21-26-12-17(13-27-21)30-9-10-32-22(30)31/h3,6-8,12-14,16H,1-2,4-5,9-11H2,(H,28,29)(H,25,26,27)/t14-,16-. The van der Waals surface area contributed by atoms with Crippen LogP contribution < -0.4 is 15.5 Å². The van der Waals surface area contributed by atoms with Crippen LogP contribution in [0.2, 0.25) is 5.15 Å². The highest BCUT2D eigenvalue weighted by Crippen LogP contribution is 2.28. The highest BCUT2D eigenvalue weighted by atomic mass is 35.5. The van der Waals surface area contributed by atoms with Crippen LogP contribution in [0.1, 0.15) is 25.7 Å². The Morgan fingerprint density at radius 2 is 1.91 bits per heavy atom. The van der Waals surface area contributed by atoms with Crippen LogP contribution in [-0.4, -0.2) is 51.8 Å². The van der Waals surface area contributed by atoms with E-state index in [1.807, 2.05) is 18.2 Å². The van der Waals surface area contributed by atoms with Crippen LogP contribution >= 0.6 is 11.6 Å². The van der Waals surface area contributed by atoms with Crippen molar-refractivity contribution in [2.24, 2.45) is 5.92 Å². The number of halogens is 1. The van der Waals surface area contributed by atoms with Crippen molar-refractivity contribution < 1.29 is 9.53 Å². The number of rotatable bonds is 6. The molecule has 3 aromatic heterocycles. The summed E-state index contributed by atoms with van der Waals surface area (Å²) < 4.78 is 4.95. The van der Waals surface area contributed by atoms with Gasteiger partial charge >= 0.3 is 6.09 Å². The normalized spacial score (nSPS) is 20.9. The van der Waals surface area contributed by atoms with E-state index in [0.29, 0.717) is 41.9 Å². The van der Waals surface area contributed by atoms with E-state index >= 15 is 0 Å². The molecule has 10 heteroatoms. The van der Waals surface area contributed by atoms with Crippen molar-refractivity contribution in [3.05, 3.63) is 41.9 Å². The minimum Gasteiger partial charge on any atom is -0.447 e. The molecule has 0 bridgehead atoms. The molecule has 0 unspecified atom stereocenters. The molecule has 0 aromatic carbocycles. The molecule has 0 atom stereocenters. The molecule has 4 heterocycles. The monoisotopic (exact) mass is 453 g/mol. The molecule has 166 valence electrons. The number of anilines is 3. The Hall–Kier alpha value is -3.20. The zero-order valence-corrected chi connectivity index (χ0v) is 18.3. The first-order valence-corrected chi connectivity index (χ1v) is 11.2. The third-order valence-corrected chi connectivity index (χ3v) is 6.30. The van der Waals surface area contributed by atoms with Crippen molar-refractivity contribution in [3.63, 3.8) is 0 Å². The van der Waals surface area contributed by atoms with E-state index in [1.54, 1.807) is 18.6 Å². The molecule has 1 aliphatic heterocycles. The number of carbonyl (C=O) groups is 1. The summed E-state index contributed by atoms with van der Waals surface area (Å²) in [5, 5.41) is 8.28. The molecular formula is C22H24ClN7O2. The fourth-order valence-electron chi connectivity index (χ4n) is 4.23. The number of ether oxygens (including phenoxy) is 1. The second-order valence-electron chi connectivity index (χ2n) is 8.14. The van der Waals surface area contributed by atoms with E-state index in [0.717, 1.165) is 48.9 Å². The lowest BCUT2D eigenvalue weighted by Gasteiger charge is -2.29. The molecular weight excluding hydrogens is 430 g/mol. The van der Waals surface area contributed by atoms with Crippen LogP contribution in [0.5, 0.6) is 0 Å². The molecule has 9 nitrogen and oxygen atoms in total. The number of pyridine rings is 2. The van der Waals surface area contributed by atoms with E-state index in [9.17, 15) is 4.79 Å². The number of cyclic esters (lactones) is 1. The van der Waals surface area contributed by atoms with Crippen LogP contribution in [0.15, 0.2) is 36.8 Å². The summed E-state index contributed by atoms with van der Waals surface area (Å²) in [5.74, 6) is 1.98. The predicted octanol–water partition coefficient (Wildman–Crippen LogP) is 4.11. The number of nitrogens with zero attached hydrogens (tertiary/aromatic N) is 5. The molecule has 1 aliphatic carbocycles. The van der Waals surface area contributed by atoms with E-state index in [2.05, 4.69) is 30.6 Å². The van der Waals surface area contributed by atoms with Crippen LogP contribution in [0.4, 0.5) is 22.2 Å². The molecule has 1 amide bonds. The lowest BCUT2D eigenvalue weighted by Crippen LogP contribution is -2.29. The van der Waals surface area contributed by atoms with Gasteiger partial charge in [0.15, 0.2) is 5.15 Å². The first-order chi connectivity index (χ1) is 15.7. The first kappa shape index (κ1) is 20.7. The van der Waals surface area contributed by atoms with Gasteiger partial charge < -0.3 is 15.4 Å². The average Bonchev–Trinajstić information content (AvgIpc) is 3.25. The number of fused-ring (bicyclic) bond motifs is 1. The number of aromatic nitrogens is 4. The van der Waals surface area contributed by atoms with Crippen molar-refractivity contribution in [1.29, 1.82) is 0 Å². The van der Waals surface area contributed by atoms with E-state index in [4.69, 9.17) is 16.3 Å². The summed E-state index contributed by atoms with van der Waals surface area (Å²) in [5.41, 5.74) is 1.38. The predicted molar refractivity (Wildman–Crippen MR) is 123 cm³/mol. The van der Waals surface area contributed by atoms with E-state index in [-0.39, 0.29) is 6.09 Å². The minimum absolute atomic E-state index is 0.349. The number of nitrogens with one attached hydrogen (secondary N) is 2. The summed E-state index contributed by atoms with van der Waals surface area (Å²) in [6.45, 7) is 1.76. The summed E-state index contributed by atoms with van der Waals surface area (Å²) in [6.07, 6.45) is 9.02. The Balaban J connectivity index is 1.10. The maximum Gasteiger partial charge on any atom is 0.414 e. The molecule has 1 saturated carbocycles. The van der Waals surface area contributed by atoms with Gasteiger partial charge in [-0.15, -0.1) is 0 Å². The Morgan fingerprint density at radius 1 is 1.09 bits per heavy atom. The fourth-order valence-corrected chi connectivity index (χ4v) is 4.44. The second kappa shape index (κ2) is 9.12. The topological polar surface area (TPSA) is 105 Å². The van der Waals surface area contributed by atoms with Gasteiger partial charge in [-0.1, -0.05) is 11.6 Å². The first-order valence-electron chi connectivity index (χ1n) is 10.8. The molecule has 1 saturated heterocycles. The van der Waals surface area contributed by atoms with Crippen LogP contribution in [-0.2, 0) is 4.74 Å². The molecule has 5 rings (SSSR count). The van der Waals surface area contributed by atoms with Crippen LogP contribution in [0.25, 0.3) is 10.9 Å². The Kier molecular flexibility index (Phi) is 5.89. The second-order valence-corrected chi connectivity index (χ2v) is 8.50. The zero-order valence-electron chi connectivity index (χ0n) is 17.5. The SMILES string of the molecule is O=C1OCCN1c1cnc(NC[C@H]2CC[C@H](Nc3ccc4ccnc(Cl)c4n3)CC2)nc1. The van der Waals surface area contributed by atoms with Crippen LogP contribution in [0.3, 0.4) is 0 Å². The lowest BCUT2D eigenvalue weighted by atomic mass is 9.86. The average molecular weight is 454 g/mol. The van der Waals surface area contributed by atoms with Gasteiger partial charge in [-0.3, -0.25) is 4.90 Å². The van der Waals surface area contributed by atoms with Crippen molar-refractivity contribution >= 4 is 46.1 Å². The summed E-state index contributed by atoms with van der Waals surface area (Å²) in [7, 11) is 0. The maximum absolute atomic E-state index is 11.6. The maximum atomic E-state index is 11.6. The van der Waals surface area contributed by atoms with Gasteiger partial charge in [-0.25, -0.2) is 24.7 Å². The molecule has 2 fully saturated rings. The van der Waals surface area contributed by atoms with Crippen molar-refractivity contribution in [2.45, 2.75) is 31.7 Å². The molecule has 0 spiro atoms. The van der Waals surface area contributed by atoms with Crippen molar-refractivity contribution in [3.8, 4) is 0 Å². The molecule has 2 N–H and O–H groups in total. The summed E-state index contributed by atoms with van der Waals surface area (Å²) in [6, 6.07) is 6.32. The highest BCUT2D eigenvalue weighted by Gasteiger charge is 2.24. The van der Waals surface area contributed by atoms with Gasteiger partial charge in [0, 0.05) is 24.2 Å². The molecule has 3 aromatic rings. The minimum atomic E-state index is -0.349. The number of hydrogen-bond donors (Lipinski definition) is 2. The number of amides is 1. The van der Waals surface area contributed by atoms with Crippen molar-refractivity contribution in [1.82, 2.24) is 19.9 Å². The van der Waals surface area contributed by atoms with E-state index in [1.165, 1.54) is 4.90 Å². The van der Waals surface area contributed by atoms with Gasteiger partial charge in [0.25, 0.3) is 0 Å². The molecule has 0 radical (unpaired) electrons. The Morgan fingerprint density at radius 3 is 2.66 bits per heavy atom. The van der Waals surface area contributed by atoms with Gasteiger partial charge in [0.1, 0.15) is 17.9 Å². The Labute approximate surface area is 190 Å². The van der Waals surface area contributed by atoms with E-state index < -0.39 is 0 Å². The highest BCUT2D eigenvalue weighted by molar-refractivity contribution is 6.33. The fraction of sp³-hybridized carbons (Fsp3) is 0.409. The lowest BCUT2D eigenvalue weighted by molar-refractivity contribution is 0.181. The quantitative estimate of drug-likeness (QED) is 0.537. The van der Waals surface area contributed by atoms with Gasteiger partial charge in [0.05, 0.1) is 24.6 Å². The van der Waals surface area contributed by atoms with Crippen molar-refractivity contribution in [2.75, 3.05) is 35.2 Å². The smallest absolute Gasteiger partial charge is 0.414 e. The summed E-state index contributed by atoms with van der Waals surface area (Å²) in [4.78, 5) is 30.6. The zero-order chi connectivity index (χ0) is 21.9.